The van der Waals surface area contributed by atoms with Gasteiger partial charge in [0.1, 0.15) is 0 Å². The van der Waals surface area contributed by atoms with E-state index in [1.807, 2.05) is 0 Å². The van der Waals surface area contributed by atoms with Crippen LogP contribution in [0.3, 0.4) is 0 Å². The van der Waals surface area contributed by atoms with Crippen LogP contribution in [0.4, 0.5) is 0 Å². The van der Waals surface area contributed by atoms with Gasteiger partial charge in [0.15, 0.2) is 5.78 Å². The third kappa shape index (κ3) is 2.77. The second-order valence-corrected chi connectivity index (χ2v) is 4.59. The number of nitrogens with zero attached hydrogens (tertiary/aromatic N) is 1. The van der Waals surface area contributed by atoms with Crippen LogP contribution in [-0.4, -0.2) is 56.6 Å². The molecule has 0 aliphatic carbocycles. The van der Waals surface area contributed by atoms with E-state index in [1.165, 1.54) is 0 Å². The Balaban J connectivity index is 1.88. The highest BCUT2D eigenvalue weighted by Crippen LogP contribution is 2.18. The Morgan fingerprint density at radius 3 is 3.07 bits per heavy atom. The van der Waals surface area contributed by atoms with Crippen LogP contribution >= 0.6 is 0 Å². The molecule has 0 aromatic carbocycles. The summed E-state index contributed by atoms with van der Waals surface area (Å²) < 4.78 is 5.32. The maximum atomic E-state index is 12.1. The predicted octanol–water partition coefficient (Wildman–Crippen LogP) is -0.114. The summed E-state index contributed by atoms with van der Waals surface area (Å²) in [6, 6.07) is -0.0600. The summed E-state index contributed by atoms with van der Waals surface area (Å²) >= 11 is 0. The summed E-state index contributed by atoms with van der Waals surface area (Å²) in [4.78, 5) is 14.4. The first-order chi connectivity index (χ1) is 7.27. The first-order valence-electron chi connectivity index (χ1n) is 5.81. The van der Waals surface area contributed by atoms with Crippen LogP contribution in [0.5, 0.6) is 0 Å². The summed E-state index contributed by atoms with van der Waals surface area (Å²) in [6.45, 7) is 4.13. The van der Waals surface area contributed by atoms with Crippen LogP contribution in [0, 0.1) is 5.92 Å². The number of hydrogen-bond donors (Lipinski definition) is 1. The molecule has 2 rings (SSSR count). The fraction of sp³-hybridized carbons (Fsp3) is 0.909. The molecular formula is C11H20N2O2. The van der Waals surface area contributed by atoms with Gasteiger partial charge < -0.3 is 15.0 Å². The van der Waals surface area contributed by atoms with Gasteiger partial charge in [-0.25, -0.2) is 0 Å². The molecule has 0 bridgehead atoms. The second kappa shape index (κ2) is 5.05. The molecule has 0 radical (unpaired) electrons. The number of nitrogens with one attached hydrogen (secondary N) is 1. The van der Waals surface area contributed by atoms with Gasteiger partial charge in [0, 0.05) is 19.0 Å². The molecule has 2 heterocycles. The number of hydrogen-bond acceptors (Lipinski definition) is 4. The van der Waals surface area contributed by atoms with E-state index in [0.717, 1.165) is 39.1 Å². The molecule has 0 amide bonds. The lowest BCUT2D eigenvalue weighted by atomic mass is 9.90. The van der Waals surface area contributed by atoms with Gasteiger partial charge in [-0.1, -0.05) is 0 Å². The fourth-order valence-corrected chi connectivity index (χ4v) is 2.43. The molecule has 2 aliphatic rings. The third-order valence-corrected chi connectivity index (χ3v) is 3.29. The van der Waals surface area contributed by atoms with Crippen molar-refractivity contribution in [1.29, 1.82) is 0 Å². The summed E-state index contributed by atoms with van der Waals surface area (Å²) in [6.07, 6.45) is 2.18. The Morgan fingerprint density at radius 1 is 1.53 bits per heavy atom. The van der Waals surface area contributed by atoms with Gasteiger partial charge >= 0.3 is 0 Å². The Kier molecular flexibility index (Phi) is 3.72. The fourth-order valence-electron chi connectivity index (χ4n) is 2.43. The lowest BCUT2D eigenvalue weighted by molar-refractivity contribution is -0.129. The van der Waals surface area contributed by atoms with Gasteiger partial charge in [0.2, 0.25) is 0 Å². The number of carbonyl (C=O) groups is 1. The van der Waals surface area contributed by atoms with Gasteiger partial charge in [0.25, 0.3) is 0 Å². The van der Waals surface area contributed by atoms with Crippen molar-refractivity contribution in [2.24, 2.45) is 5.92 Å². The van der Waals surface area contributed by atoms with Crippen LogP contribution < -0.4 is 5.32 Å². The van der Waals surface area contributed by atoms with E-state index in [1.54, 1.807) is 0 Å². The van der Waals surface area contributed by atoms with Gasteiger partial charge in [-0.3, -0.25) is 4.79 Å². The van der Waals surface area contributed by atoms with E-state index < -0.39 is 0 Å². The lowest BCUT2D eigenvalue weighted by Crippen LogP contribution is -2.51. The molecule has 0 aromatic rings. The maximum Gasteiger partial charge on any atom is 0.156 e. The highest BCUT2D eigenvalue weighted by atomic mass is 16.5. The van der Waals surface area contributed by atoms with Crippen LogP contribution in [0.1, 0.15) is 12.8 Å². The predicted molar refractivity (Wildman–Crippen MR) is 57.8 cm³/mol. The molecule has 4 nitrogen and oxygen atoms in total. The summed E-state index contributed by atoms with van der Waals surface area (Å²) in [5, 5.41) is 3.24. The average molecular weight is 212 g/mol. The van der Waals surface area contributed by atoms with E-state index in [0.29, 0.717) is 12.4 Å². The molecule has 2 aliphatic heterocycles. The third-order valence-electron chi connectivity index (χ3n) is 3.29. The number of ether oxygens (including phenoxy) is 1. The lowest BCUT2D eigenvalue weighted by Gasteiger charge is -2.32. The number of likely N-dealkylation sites (tertiary alicyclic amines) is 1. The van der Waals surface area contributed by atoms with Crippen LogP contribution in [0.25, 0.3) is 0 Å². The van der Waals surface area contributed by atoms with Gasteiger partial charge in [-0.2, -0.15) is 0 Å². The van der Waals surface area contributed by atoms with Gasteiger partial charge in [-0.15, -0.1) is 0 Å². The molecule has 2 atom stereocenters. The van der Waals surface area contributed by atoms with Crippen LogP contribution in [0.2, 0.25) is 0 Å². The molecule has 1 N–H and O–H groups in total. The normalized spacial score (nSPS) is 33.9. The quantitative estimate of drug-likeness (QED) is 0.693. The molecule has 2 saturated heterocycles. The van der Waals surface area contributed by atoms with Crippen molar-refractivity contribution in [1.82, 2.24) is 10.2 Å². The highest BCUT2D eigenvalue weighted by Gasteiger charge is 2.30. The molecule has 0 saturated carbocycles. The number of carbonyl (C=O) groups excluding carboxylic acids is 1. The number of rotatable bonds is 2. The molecule has 86 valence electrons. The minimum Gasteiger partial charge on any atom is -0.378 e. The Labute approximate surface area is 91.0 Å². The molecule has 0 spiro atoms. The zero-order valence-corrected chi connectivity index (χ0v) is 9.37. The van der Waals surface area contributed by atoms with Crippen LogP contribution in [0.15, 0.2) is 0 Å². The second-order valence-electron chi connectivity index (χ2n) is 4.59. The molecule has 2 fully saturated rings. The van der Waals surface area contributed by atoms with E-state index in [-0.39, 0.29) is 12.0 Å². The molecule has 15 heavy (non-hydrogen) atoms. The molecule has 2 unspecified atom stereocenters. The van der Waals surface area contributed by atoms with E-state index in [4.69, 9.17) is 4.74 Å². The minimum absolute atomic E-state index is 0.0600. The number of morpholine rings is 1. The minimum atomic E-state index is -0.0600. The largest absolute Gasteiger partial charge is 0.378 e. The first kappa shape index (κ1) is 11.0. The smallest absolute Gasteiger partial charge is 0.156 e. The summed E-state index contributed by atoms with van der Waals surface area (Å²) in [7, 11) is 2.09. The van der Waals surface area contributed by atoms with Crippen molar-refractivity contribution in [3.8, 4) is 0 Å². The zero-order valence-electron chi connectivity index (χ0n) is 9.37. The van der Waals surface area contributed by atoms with Crippen molar-refractivity contribution in [2.45, 2.75) is 18.9 Å². The Hall–Kier alpha value is -0.450. The number of Topliss-reactive ketones (excluding diaryl/α,β-unsaturated/α-hetero) is 1. The van der Waals surface area contributed by atoms with Crippen LogP contribution in [-0.2, 0) is 9.53 Å². The first-order valence-corrected chi connectivity index (χ1v) is 5.81. The Bertz CT molecular complexity index is 227. The monoisotopic (exact) mass is 212 g/mol. The number of piperidine rings is 1. The molecular weight excluding hydrogens is 192 g/mol. The average Bonchev–Trinajstić information content (AvgIpc) is 2.29. The topological polar surface area (TPSA) is 41.6 Å². The van der Waals surface area contributed by atoms with E-state index in [2.05, 4.69) is 17.3 Å². The summed E-state index contributed by atoms with van der Waals surface area (Å²) in [5.41, 5.74) is 0. The van der Waals surface area contributed by atoms with Crippen molar-refractivity contribution >= 4 is 5.78 Å². The van der Waals surface area contributed by atoms with Crippen molar-refractivity contribution < 1.29 is 9.53 Å². The van der Waals surface area contributed by atoms with Gasteiger partial charge in [0.05, 0.1) is 19.3 Å². The van der Waals surface area contributed by atoms with E-state index in [9.17, 15) is 4.79 Å². The maximum absolute atomic E-state index is 12.1. The molecule has 0 aromatic heterocycles. The van der Waals surface area contributed by atoms with Gasteiger partial charge in [-0.05, 0) is 26.4 Å². The molecule has 4 heteroatoms. The van der Waals surface area contributed by atoms with Crippen molar-refractivity contribution in [3.63, 3.8) is 0 Å². The van der Waals surface area contributed by atoms with Crippen molar-refractivity contribution in [3.05, 3.63) is 0 Å². The SMILES string of the molecule is CN1CCCC(C(=O)C2COCCN2)C1. The summed E-state index contributed by atoms with van der Waals surface area (Å²) in [5.74, 6) is 0.559. The standard InChI is InChI=1S/C11H20N2O2/c1-13-5-2-3-9(7-13)11(14)10-8-15-6-4-12-10/h9-10,12H,2-8H2,1H3. The highest BCUT2D eigenvalue weighted by molar-refractivity contribution is 5.86. The zero-order chi connectivity index (χ0) is 10.7. The van der Waals surface area contributed by atoms with Crippen molar-refractivity contribution in [2.75, 3.05) is 39.9 Å². The van der Waals surface area contributed by atoms with E-state index >= 15 is 0 Å². The Morgan fingerprint density at radius 2 is 2.40 bits per heavy atom. The number of ketones is 1.